The highest BCUT2D eigenvalue weighted by Crippen LogP contribution is 2.40. The maximum absolute atomic E-state index is 5.68. The number of rotatable bonds is 5. The van der Waals surface area contributed by atoms with E-state index in [-0.39, 0.29) is 0 Å². The minimum atomic E-state index is 0.532. The number of anilines is 1. The molecule has 1 N–H and O–H groups in total. The van der Waals surface area contributed by atoms with Gasteiger partial charge in [0.1, 0.15) is 13.2 Å². The molecule has 0 atom stereocenters. The Hall–Kier alpha value is -3.29. The number of nitrogens with one attached hydrogen (secondary N) is 1. The van der Waals surface area contributed by atoms with Crippen LogP contribution in [-0.2, 0) is 6.54 Å². The molecule has 4 rings (SSSR count). The fourth-order valence-corrected chi connectivity index (χ4v) is 2.85. The Balaban J connectivity index is 1.54. The molecule has 1 aromatic heterocycles. The number of tetrazole rings is 1. The van der Waals surface area contributed by atoms with Crippen LogP contribution in [0.4, 0.5) is 5.69 Å². The minimum absolute atomic E-state index is 0.532. The third-order valence-electron chi connectivity index (χ3n) is 4.10. The van der Waals surface area contributed by atoms with Crippen molar-refractivity contribution in [2.75, 3.05) is 25.6 Å². The molecular weight excluding hydrogens is 334 g/mol. The van der Waals surface area contributed by atoms with Crippen molar-refractivity contribution in [2.24, 2.45) is 0 Å². The molecule has 134 valence electrons. The van der Waals surface area contributed by atoms with Crippen LogP contribution in [0.15, 0.2) is 36.4 Å². The van der Waals surface area contributed by atoms with Gasteiger partial charge in [-0.25, -0.2) is 0 Å². The van der Waals surface area contributed by atoms with Crippen molar-refractivity contribution in [3.05, 3.63) is 47.8 Å². The van der Waals surface area contributed by atoms with Gasteiger partial charge in [-0.1, -0.05) is 6.07 Å². The van der Waals surface area contributed by atoms with E-state index in [2.05, 4.69) is 20.8 Å². The fraction of sp³-hybridized carbons (Fsp3) is 0.278. The highest BCUT2D eigenvalue weighted by atomic mass is 16.6. The van der Waals surface area contributed by atoms with Gasteiger partial charge in [-0.05, 0) is 53.2 Å². The maximum Gasteiger partial charge on any atom is 0.203 e. The Bertz CT molecular complexity index is 908. The Kier molecular flexibility index (Phi) is 4.30. The lowest BCUT2D eigenvalue weighted by Crippen LogP contribution is -2.16. The van der Waals surface area contributed by atoms with Gasteiger partial charge >= 0.3 is 0 Å². The summed E-state index contributed by atoms with van der Waals surface area (Å²) in [6, 6.07) is 11.8. The van der Waals surface area contributed by atoms with E-state index in [0.29, 0.717) is 37.0 Å². The summed E-state index contributed by atoms with van der Waals surface area (Å²) >= 11 is 0. The van der Waals surface area contributed by atoms with Crippen LogP contribution in [0, 0.1) is 6.92 Å². The molecule has 0 saturated carbocycles. The number of hydrogen-bond donors (Lipinski definition) is 1. The molecule has 0 saturated heterocycles. The zero-order valence-corrected chi connectivity index (χ0v) is 14.6. The molecule has 0 spiro atoms. The normalized spacial score (nSPS) is 12.7. The van der Waals surface area contributed by atoms with Crippen LogP contribution in [0.3, 0.4) is 0 Å². The van der Waals surface area contributed by atoms with Crippen molar-refractivity contribution in [3.8, 4) is 22.9 Å². The first-order valence-electron chi connectivity index (χ1n) is 8.30. The van der Waals surface area contributed by atoms with Crippen molar-refractivity contribution in [2.45, 2.75) is 13.5 Å². The van der Waals surface area contributed by atoms with Crippen LogP contribution in [0.25, 0.3) is 5.69 Å². The van der Waals surface area contributed by atoms with Gasteiger partial charge in [0.2, 0.25) is 5.75 Å². The number of ether oxygens (including phenoxy) is 3. The number of aromatic nitrogens is 4. The lowest BCUT2D eigenvalue weighted by atomic mass is 10.1. The molecule has 0 bridgehead atoms. The quantitative estimate of drug-likeness (QED) is 0.754. The Morgan fingerprint density at radius 1 is 1.19 bits per heavy atom. The number of hydrogen-bond acceptors (Lipinski definition) is 7. The van der Waals surface area contributed by atoms with Gasteiger partial charge in [-0.15, -0.1) is 5.10 Å². The molecule has 0 aliphatic carbocycles. The number of nitrogens with zero attached hydrogens (tertiary/aromatic N) is 4. The summed E-state index contributed by atoms with van der Waals surface area (Å²) in [4.78, 5) is 0. The predicted molar refractivity (Wildman–Crippen MR) is 95.2 cm³/mol. The van der Waals surface area contributed by atoms with E-state index in [4.69, 9.17) is 14.2 Å². The maximum atomic E-state index is 5.68. The van der Waals surface area contributed by atoms with Gasteiger partial charge in [0.25, 0.3) is 0 Å². The van der Waals surface area contributed by atoms with Crippen molar-refractivity contribution < 1.29 is 14.2 Å². The highest BCUT2D eigenvalue weighted by Gasteiger charge is 2.18. The molecule has 0 unspecified atom stereocenters. The first kappa shape index (κ1) is 16.2. The molecule has 26 heavy (non-hydrogen) atoms. The van der Waals surface area contributed by atoms with Gasteiger partial charge in [0.05, 0.1) is 12.8 Å². The van der Waals surface area contributed by atoms with Gasteiger partial charge in [-0.3, -0.25) is 0 Å². The van der Waals surface area contributed by atoms with Crippen LogP contribution in [-0.4, -0.2) is 40.5 Å². The standard InChI is InChI=1S/C18H19N5O3/c1-12-20-21-22-23(12)15-5-3-4-14(10-15)19-11-13-8-16(24-2)18-17(9-13)25-6-7-26-18/h3-5,8-10,19H,6-7,11H2,1-2H3. The molecule has 8 heteroatoms. The highest BCUT2D eigenvalue weighted by molar-refractivity contribution is 5.56. The largest absolute Gasteiger partial charge is 0.493 e. The number of aryl methyl sites for hydroxylation is 1. The molecule has 2 aromatic carbocycles. The molecule has 3 aromatic rings. The topological polar surface area (TPSA) is 83.3 Å². The molecule has 1 aliphatic rings. The summed E-state index contributed by atoms with van der Waals surface area (Å²) in [6.45, 7) is 3.55. The summed E-state index contributed by atoms with van der Waals surface area (Å²) in [5.74, 6) is 2.79. The molecule has 0 amide bonds. The average Bonchev–Trinajstić information content (AvgIpc) is 3.12. The van der Waals surface area contributed by atoms with Crippen LogP contribution >= 0.6 is 0 Å². The summed E-state index contributed by atoms with van der Waals surface area (Å²) in [5, 5.41) is 15.0. The monoisotopic (exact) mass is 353 g/mol. The van der Waals surface area contributed by atoms with E-state index in [1.54, 1.807) is 11.8 Å². The second-order valence-electron chi connectivity index (χ2n) is 5.86. The average molecular weight is 353 g/mol. The lowest BCUT2D eigenvalue weighted by molar-refractivity contribution is 0.165. The molecule has 1 aliphatic heterocycles. The Morgan fingerprint density at radius 2 is 2.08 bits per heavy atom. The molecule has 0 radical (unpaired) electrons. The Morgan fingerprint density at radius 3 is 2.88 bits per heavy atom. The van der Waals surface area contributed by atoms with E-state index in [9.17, 15) is 0 Å². The van der Waals surface area contributed by atoms with Gasteiger partial charge in [0.15, 0.2) is 17.3 Å². The van der Waals surface area contributed by atoms with Crippen molar-refractivity contribution in [3.63, 3.8) is 0 Å². The Labute approximate surface area is 150 Å². The fourth-order valence-electron chi connectivity index (χ4n) is 2.85. The third-order valence-corrected chi connectivity index (χ3v) is 4.10. The van der Waals surface area contributed by atoms with Crippen LogP contribution < -0.4 is 19.5 Å². The first-order chi connectivity index (χ1) is 12.7. The SMILES string of the molecule is COc1cc(CNc2cccc(-n3nnnc3C)c2)cc2c1OCCO2. The van der Waals surface area contributed by atoms with E-state index >= 15 is 0 Å². The number of fused-ring (bicyclic) bond motifs is 1. The van der Waals surface area contributed by atoms with E-state index in [0.717, 1.165) is 22.8 Å². The van der Waals surface area contributed by atoms with Crippen LogP contribution in [0.2, 0.25) is 0 Å². The summed E-state index contributed by atoms with van der Waals surface area (Å²) in [6.07, 6.45) is 0. The van der Waals surface area contributed by atoms with Crippen molar-refractivity contribution in [1.29, 1.82) is 0 Å². The smallest absolute Gasteiger partial charge is 0.203 e. The van der Waals surface area contributed by atoms with E-state index in [1.165, 1.54) is 0 Å². The number of methoxy groups -OCH3 is 1. The molecule has 8 nitrogen and oxygen atoms in total. The van der Waals surface area contributed by atoms with E-state index < -0.39 is 0 Å². The van der Waals surface area contributed by atoms with E-state index in [1.807, 2.05) is 43.3 Å². The first-order valence-corrected chi connectivity index (χ1v) is 8.30. The predicted octanol–water partition coefficient (Wildman–Crippen LogP) is 2.36. The van der Waals surface area contributed by atoms with Gasteiger partial charge < -0.3 is 19.5 Å². The minimum Gasteiger partial charge on any atom is -0.493 e. The molecular formula is C18H19N5O3. The van der Waals surface area contributed by atoms with Gasteiger partial charge in [0, 0.05) is 12.2 Å². The zero-order chi connectivity index (χ0) is 17.9. The second kappa shape index (κ2) is 6.91. The molecule has 0 fully saturated rings. The summed E-state index contributed by atoms with van der Waals surface area (Å²) in [5.41, 5.74) is 2.90. The van der Waals surface area contributed by atoms with Crippen molar-refractivity contribution in [1.82, 2.24) is 20.2 Å². The lowest BCUT2D eigenvalue weighted by Gasteiger charge is -2.21. The van der Waals surface area contributed by atoms with Crippen LogP contribution in [0.5, 0.6) is 17.2 Å². The van der Waals surface area contributed by atoms with Crippen molar-refractivity contribution >= 4 is 5.69 Å². The van der Waals surface area contributed by atoms with Gasteiger partial charge in [-0.2, -0.15) is 4.68 Å². The third kappa shape index (κ3) is 3.13. The second-order valence-corrected chi connectivity index (χ2v) is 5.86. The molecule has 2 heterocycles. The zero-order valence-electron chi connectivity index (χ0n) is 14.6. The van der Waals surface area contributed by atoms with Crippen LogP contribution in [0.1, 0.15) is 11.4 Å². The summed E-state index contributed by atoms with van der Waals surface area (Å²) in [7, 11) is 1.63. The summed E-state index contributed by atoms with van der Waals surface area (Å²) < 4.78 is 18.4. The number of benzene rings is 2.